The topological polar surface area (TPSA) is 25.2 Å². The highest BCUT2D eigenvalue weighted by Crippen LogP contribution is 2.30. The van der Waals surface area contributed by atoms with E-state index in [1.165, 1.54) is 16.8 Å². The van der Waals surface area contributed by atoms with Gasteiger partial charge in [-0.3, -0.25) is 4.79 Å². The van der Waals surface area contributed by atoms with Crippen LogP contribution in [0.4, 0.5) is 5.69 Å². The van der Waals surface area contributed by atoms with Crippen molar-refractivity contribution in [3.8, 4) is 11.1 Å². The lowest BCUT2D eigenvalue weighted by atomic mass is 10.0. The fraction of sp³-hybridized carbons (Fsp3) is 0.267. The van der Waals surface area contributed by atoms with Crippen LogP contribution < -0.4 is 10.5 Å². The van der Waals surface area contributed by atoms with E-state index < -0.39 is 0 Å². The smallest absolute Gasteiger partial charge is 0.250 e. The largest absolute Gasteiger partial charge is 0.374 e. The molecule has 0 amide bonds. The summed E-state index contributed by atoms with van der Waals surface area (Å²) >= 11 is 0. The Labute approximate surface area is 106 Å². The van der Waals surface area contributed by atoms with Gasteiger partial charge in [-0.2, -0.15) is 0 Å². The number of pyridine rings is 1. The second kappa shape index (κ2) is 4.02. The first kappa shape index (κ1) is 11.1. The summed E-state index contributed by atoms with van der Waals surface area (Å²) in [5, 5.41) is 0. The van der Waals surface area contributed by atoms with Crippen molar-refractivity contribution in [1.82, 2.24) is 4.57 Å². The Bertz CT molecular complexity index is 658. The lowest BCUT2D eigenvalue weighted by molar-refractivity contribution is 0.862. The van der Waals surface area contributed by atoms with Gasteiger partial charge in [-0.25, -0.2) is 0 Å². The lowest BCUT2D eigenvalue weighted by Crippen LogP contribution is -2.14. The van der Waals surface area contributed by atoms with Gasteiger partial charge in [0.25, 0.3) is 0 Å². The average molecular weight is 240 g/mol. The fourth-order valence-corrected chi connectivity index (χ4v) is 2.51. The van der Waals surface area contributed by atoms with Gasteiger partial charge in [-0.1, -0.05) is 6.07 Å². The Balaban J connectivity index is 2.07. The molecule has 0 saturated carbocycles. The Kier molecular flexibility index (Phi) is 2.47. The zero-order chi connectivity index (χ0) is 12.7. The number of nitrogens with zero attached hydrogens (tertiary/aromatic N) is 2. The van der Waals surface area contributed by atoms with Crippen molar-refractivity contribution in [2.75, 3.05) is 18.5 Å². The summed E-state index contributed by atoms with van der Waals surface area (Å²) in [5.74, 6) is 0. The minimum absolute atomic E-state index is 0.0274. The molecule has 0 bridgehead atoms. The number of hydrogen-bond donors (Lipinski definition) is 0. The molecule has 3 nitrogen and oxygen atoms in total. The van der Waals surface area contributed by atoms with Crippen LogP contribution in [0.5, 0.6) is 0 Å². The Morgan fingerprint density at radius 2 is 1.83 bits per heavy atom. The van der Waals surface area contributed by atoms with E-state index in [1.807, 2.05) is 12.3 Å². The first-order valence-corrected chi connectivity index (χ1v) is 6.16. The number of benzene rings is 1. The van der Waals surface area contributed by atoms with Crippen LogP contribution in [0.25, 0.3) is 11.1 Å². The maximum Gasteiger partial charge on any atom is 0.250 e. The van der Waals surface area contributed by atoms with Crippen LogP contribution in [0, 0.1) is 0 Å². The highest BCUT2D eigenvalue weighted by molar-refractivity contribution is 5.69. The Morgan fingerprint density at radius 3 is 2.61 bits per heavy atom. The summed E-state index contributed by atoms with van der Waals surface area (Å²) in [6.07, 6.45) is 2.99. The third-order valence-electron chi connectivity index (χ3n) is 3.63. The summed E-state index contributed by atoms with van der Waals surface area (Å²) < 4.78 is 1.62. The zero-order valence-electron chi connectivity index (χ0n) is 10.7. The quantitative estimate of drug-likeness (QED) is 0.762. The molecule has 1 aliphatic heterocycles. The van der Waals surface area contributed by atoms with Crippen LogP contribution >= 0.6 is 0 Å². The van der Waals surface area contributed by atoms with E-state index in [0.717, 1.165) is 18.5 Å². The first-order valence-electron chi connectivity index (χ1n) is 6.16. The third kappa shape index (κ3) is 1.72. The van der Waals surface area contributed by atoms with Gasteiger partial charge in [0.05, 0.1) is 0 Å². The molecule has 3 rings (SSSR count). The minimum atomic E-state index is 0.0274. The zero-order valence-corrected chi connectivity index (χ0v) is 10.7. The van der Waals surface area contributed by atoms with E-state index in [9.17, 15) is 4.79 Å². The summed E-state index contributed by atoms with van der Waals surface area (Å²) in [4.78, 5) is 13.7. The normalized spacial score (nSPS) is 13.8. The van der Waals surface area contributed by atoms with Crippen LogP contribution in [0.3, 0.4) is 0 Å². The maximum absolute atomic E-state index is 11.4. The number of hydrogen-bond acceptors (Lipinski definition) is 2. The Hall–Kier alpha value is -2.03. The molecule has 0 fully saturated rings. The van der Waals surface area contributed by atoms with Crippen LogP contribution in [0.15, 0.2) is 41.3 Å². The number of rotatable bonds is 1. The molecule has 0 atom stereocenters. The van der Waals surface area contributed by atoms with Crippen molar-refractivity contribution in [3.05, 3.63) is 52.4 Å². The van der Waals surface area contributed by atoms with Gasteiger partial charge in [-0.05, 0) is 41.3 Å². The first-order chi connectivity index (χ1) is 8.65. The Morgan fingerprint density at radius 1 is 1.06 bits per heavy atom. The predicted octanol–water partition coefficient (Wildman–Crippen LogP) is 2.04. The molecule has 0 saturated heterocycles. The molecule has 0 unspecified atom stereocenters. The summed E-state index contributed by atoms with van der Waals surface area (Å²) in [5.41, 5.74) is 5.01. The van der Waals surface area contributed by atoms with Crippen molar-refractivity contribution >= 4 is 5.69 Å². The summed E-state index contributed by atoms with van der Waals surface area (Å²) in [7, 11) is 3.91. The average Bonchev–Trinajstić information content (AvgIpc) is 2.74. The molecule has 0 radical (unpaired) electrons. The SMILES string of the molecule is CN1CCc2cc(-c3ccc(=O)n(C)c3)ccc21. The van der Waals surface area contributed by atoms with Crippen LogP contribution in [-0.4, -0.2) is 18.2 Å². The van der Waals surface area contributed by atoms with Crippen molar-refractivity contribution in [1.29, 1.82) is 0 Å². The van der Waals surface area contributed by atoms with E-state index in [-0.39, 0.29) is 5.56 Å². The monoisotopic (exact) mass is 240 g/mol. The van der Waals surface area contributed by atoms with Gasteiger partial charge in [0.1, 0.15) is 0 Å². The predicted molar refractivity (Wildman–Crippen MR) is 74.1 cm³/mol. The van der Waals surface area contributed by atoms with Gasteiger partial charge in [0.2, 0.25) is 5.56 Å². The number of fused-ring (bicyclic) bond motifs is 1. The molecule has 18 heavy (non-hydrogen) atoms. The van der Waals surface area contributed by atoms with Gasteiger partial charge in [0, 0.05) is 38.6 Å². The molecule has 0 N–H and O–H groups in total. The van der Waals surface area contributed by atoms with Crippen molar-refractivity contribution in [2.24, 2.45) is 7.05 Å². The summed E-state index contributed by atoms with van der Waals surface area (Å²) in [6, 6.07) is 10.0. The van der Waals surface area contributed by atoms with E-state index in [1.54, 1.807) is 17.7 Å². The standard InChI is InChI=1S/C15H16N2O/c1-16-8-7-12-9-11(3-5-14(12)16)13-4-6-15(18)17(2)10-13/h3-6,9-10H,7-8H2,1-2H3. The van der Waals surface area contributed by atoms with E-state index in [2.05, 4.69) is 30.1 Å². The van der Waals surface area contributed by atoms with Crippen LogP contribution in [0.2, 0.25) is 0 Å². The van der Waals surface area contributed by atoms with Gasteiger partial charge in [-0.15, -0.1) is 0 Å². The van der Waals surface area contributed by atoms with E-state index in [4.69, 9.17) is 0 Å². The number of anilines is 1. The molecular weight excluding hydrogens is 224 g/mol. The van der Waals surface area contributed by atoms with Gasteiger partial charge < -0.3 is 9.47 Å². The molecule has 3 heteroatoms. The van der Waals surface area contributed by atoms with Crippen LogP contribution in [-0.2, 0) is 13.5 Å². The molecule has 0 spiro atoms. The molecule has 1 aromatic heterocycles. The van der Waals surface area contributed by atoms with Crippen molar-refractivity contribution < 1.29 is 0 Å². The second-order valence-corrected chi connectivity index (χ2v) is 4.88. The summed E-state index contributed by atoms with van der Waals surface area (Å²) in [6.45, 7) is 1.09. The molecule has 1 aromatic carbocycles. The second-order valence-electron chi connectivity index (χ2n) is 4.88. The minimum Gasteiger partial charge on any atom is -0.374 e. The van der Waals surface area contributed by atoms with Crippen molar-refractivity contribution in [3.63, 3.8) is 0 Å². The maximum atomic E-state index is 11.4. The van der Waals surface area contributed by atoms with Crippen molar-refractivity contribution in [2.45, 2.75) is 6.42 Å². The third-order valence-corrected chi connectivity index (χ3v) is 3.63. The molecule has 2 heterocycles. The number of aromatic nitrogens is 1. The van der Waals surface area contributed by atoms with Gasteiger partial charge in [0.15, 0.2) is 0 Å². The van der Waals surface area contributed by atoms with Gasteiger partial charge >= 0.3 is 0 Å². The number of aryl methyl sites for hydroxylation is 1. The van der Waals surface area contributed by atoms with E-state index >= 15 is 0 Å². The lowest BCUT2D eigenvalue weighted by Gasteiger charge is -2.12. The fourth-order valence-electron chi connectivity index (χ4n) is 2.51. The highest BCUT2D eigenvalue weighted by Gasteiger charge is 2.15. The molecule has 2 aromatic rings. The molecule has 92 valence electrons. The highest BCUT2D eigenvalue weighted by atomic mass is 16.1. The molecular formula is C15H16N2O. The molecule has 1 aliphatic rings. The van der Waals surface area contributed by atoms with E-state index in [0.29, 0.717) is 0 Å². The number of likely N-dealkylation sites (N-methyl/N-ethyl adjacent to an activating group) is 1. The molecule has 0 aliphatic carbocycles. The van der Waals surface area contributed by atoms with Crippen LogP contribution in [0.1, 0.15) is 5.56 Å².